The van der Waals surface area contributed by atoms with Gasteiger partial charge in [-0.15, -0.1) is 0 Å². The minimum atomic E-state index is -0.373. The van der Waals surface area contributed by atoms with Crippen molar-refractivity contribution in [1.29, 1.82) is 0 Å². The number of esters is 1. The van der Waals surface area contributed by atoms with E-state index in [1.807, 2.05) is 42.5 Å². The molecule has 0 heterocycles. The molecule has 0 aliphatic rings. The minimum absolute atomic E-state index is 0.101. The van der Waals surface area contributed by atoms with Crippen molar-refractivity contribution in [2.75, 3.05) is 7.11 Å². The Bertz CT molecular complexity index is 929. The largest absolute Gasteiger partial charge is 0.504 e. The van der Waals surface area contributed by atoms with E-state index < -0.39 is 0 Å². The van der Waals surface area contributed by atoms with Crippen molar-refractivity contribution >= 4 is 5.97 Å². The number of carbonyl (C=O) groups is 1. The van der Waals surface area contributed by atoms with Gasteiger partial charge in [0.1, 0.15) is 6.61 Å². The lowest BCUT2D eigenvalue weighted by atomic mass is 9.97. The molecule has 0 saturated heterocycles. The Kier molecular flexibility index (Phi) is 5.77. The Morgan fingerprint density at radius 2 is 1.63 bits per heavy atom. The fourth-order valence-corrected chi connectivity index (χ4v) is 2.99. The molecule has 0 radical (unpaired) electrons. The summed E-state index contributed by atoms with van der Waals surface area (Å²) in [4.78, 5) is 11.5. The average Bonchev–Trinajstić information content (AvgIpc) is 2.72. The predicted molar refractivity (Wildman–Crippen MR) is 105 cm³/mol. The number of ether oxygens (including phenoxy) is 2. The summed E-state index contributed by atoms with van der Waals surface area (Å²) in [6, 6.07) is 20.5. The van der Waals surface area contributed by atoms with Gasteiger partial charge < -0.3 is 14.6 Å². The lowest BCUT2D eigenvalue weighted by Gasteiger charge is -2.15. The number of para-hydroxylation sites is 1. The minimum Gasteiger partial charge on any atom is -0.504 e. The average molecular weight is 362 g/mol. The fraction of sp³-hybridized carbons (Fsp3) is 0.174. The number of benzene rings is 3. The van der Waals surface area contributed by atoms with Crippen LogP contribution in [0.15, 0.2) is 66.7 Å². The van der Waals surface area contributed by atoms with E-state index in [1.165, 1.54) is 12.7 Å². The Morgan fingerprint density at radius 1 is 0.926 bits per heavy atom. The second kappa shape index (κ2) is 8.41. The van der Waals surface area contributed by atoms with Gasteiger partial charge in [-0.05, 0) is 41.3 Å². The highest BCUT2D eigenvalue weighted by molar-refractivity contribution is 5.89. The molecule has 0 amide bonds. The highest BCUT2D eigenvalue weighted by Crippen LogP contribution is 2.39. The van der Waals surface area contributed by atoms with Crippen molar-refractivity contribution in [2.45, 2.75) is 20.0 Å². The van der Waals surface area contributed by atoms with Crippen molar-refractivity contribution in [3.8, 4) is 22.6 Å². The van der Waals surface area contributed by atoms with Crippen molar-refractivity contribution < 1.29 is 19.4 Å². The fourth-order valence-electron chi connectivity index (χ4n) is 2.99. The molecule has 0 aliphatic heterocycles. The van der Waals surface area contributed by atoms with Crippen molar-refractivity contribution in [3.63, 3.8) is 0 Å². The maximum Gasteiger partial charge on any atom is 0.337 e. The van der Waals surface area contributed by atoms with Gasteiger partial charge in [-0.2, -0.15) is 0 Å². The lowest BCUT2D eigenvalue weighted by molar-refractivity contribution is 0.0600. The SMILES string of the molecule is CCc1ccccc1-c1cccc(O)c1OCc1ccc(C(=O)OC)cc1. The highest BCUT2D eigenvalue weighted by Gasteiger charge is 2.14. The number of phenols is 1. The van der Waals surface area contributed by atoms with Crippen LogP contribution >= 0.6 is 0 Å². The molecular formula is C23H22O4. The zero-order valence-corrected chi connectivity index (χ0v) is 15.4. The first-order valence-electron chi connectivity index (χ1n) is 8.84. The van der Waals surface area contributed by atoms with E-state index in [-0.39, 0.29) is 18.3 Å². The van der Waals surface area contributed by atoms with E-state index in [2.05, 4.69) is 13.0 Å². The number of carbonyl (C=O) groups excluding carboxylic acids is 1. The molecule has 4 nitrogen and oxygen atoms in total. The molecule has 27 heavy (non-hydrogen) atoms. The van der Waals surface area contributed by atoms with Crippen LogP contribution in [-0.2, 0) is 17.8 Å². The molecule has 1 N–H and O–H groups in total. The summed E-state index contributed by atoms with van der Waals surface area (Å²) in [6.45, 7) is 2.38. The number of hydrogen-bond donors (Lipinski definition) is 1. The summed E-state index contributed by atoms with van der Waals surface area (Å²) in [5.41, 5.74) is 4.47. The highest BCUT2D eigenvalue weighted by atomic mass is 16.5. The summed E-state index contributed by atoms with van der Waals surface area (Å²) in [5.74, 6) is 0.182. The molecule has 138 valence electrons. The summed E-state index contributed by atoms with van der Waals surface area (Å²) in [5, 5.41) is 10.4. The molecule has 0 aromatic heterocycles. The monoisotopic (exact) mass is 362 g/mol. The van der Waals surface area contributed by atoms with Crippen molar-refractivity contribution in [3.05, 3.63) is 83.4 Å². The third-order valence-corrected chi connectivity index (χ3v) is 4.44. The molecule has 0 bridgehead atoms. The second-order valence-corrected chi connectivity index (χ2v) is 6.14. The van der Waals surface area contributed by atoms with Crippen molar-refractivity contribution in [2.24, 2.45) is 0 Å². The first-order chi connectivity index (χ1) is 13.1. The van der Waals surface area contributed by atoms with Crippen LogP contribution in [0.5, 0.6) is 11.5 Å². The maximum atomic E-state index is 11.5. The molecule has 0 atom stereocenters. The Labute approximate surface area is 159 Å². The molecule has 0 saturated carbocycles. The van der Waals surface area contributed by atoms with Crippen LogP contribution in [0.4, 0.5) is 0 Å². The van der Waals surface area contributed by atoms with Crippen LogP contribution < -0.4 is 4.74 Å². The molecule has 0 aliphatic carbocycles. The van der Waals surface area contributed by atoms with E-state index in [1.54, 1.807) is 18.2 Å². The normalized spacial score (nSPS) is 10.4. The number of aryl methyl sites for hydroxylation is 1. The topological polar surface area (TPSA) is 55.8 Å². The molecule has 3 rings (SSSR count). The molecule has 3 aromatic carbocycles. The van der Waals surface area contributed by atoms with Crippen LogP contribution in [-0.4, -0.2) is 18.2 Å². The Balaban J connectivity index is 1.86. The van der Waals surface area contributed by atoms with Crippen LogP contribution in [0, 0.1) is 0 Å². The van der Waals surface area contributed by atoms with Gasteiger partial charge in [-0.1, -0.05) is 55.5 Å². The van der Waals surface area contributed by atoms with Gasteiger partial charge in [0, 0.05) is 5.56 Å². The third-order valence-electron chi connectivity index (χ3n) is 4.44. The standard InChI is InChI=1S/C23H22O4/c1-3-17-7-4-5-8-19(17)20-9-6-10-21(24)22(20)27-15-16-11-13-18(14-12-16)23(25)26-2/h4-14,24H,3,15H2,1-2H3. The lowest BCUT2D eigenvalue weighted by Crippen LogP contribution is -2.02. The predicted octanol–water partition coefficient (Wildman–Crippen LogP) is 4.99. The van der Waals surface area contributed by atoms with Gasteiger partial charge in [0.2, 0.25) is 0 Å². The Morgan fingerprint density at radius 3 is 2.33 bits per heavy atom. The molecule has 3 aromatic rings. The number of methoxy groups -OCH3 is 1. The van der Waals surface area contributed by atoms with E-state index in [0.29, 0.717) is 11.3 Å². The summed E-state index contributed by atoms with van der Waals surface area (Å²) < 4.78 is 10.7. The summed E-state index contributed by atoms with van der Waals surface area (Å²) in [6.07, 6.45) is 0.889. The van der Waals surface area contributed by atoms with Crippen LogP contribution in [0.2, 0.25) is 0 Å². The maximum absolute atomic E-state index is 11.5. The number of aromatic hydroxyl groups is 1. The number of hydrogen-bond acceptors (Lipinski definition) is 4. The quantitative estimate of drug-likeness (QED) is 0.628. The molecule has 0 unspecified atom stereocenters. The van der Waals surface area contributed by atoms with Crippen LogP contribution in [0.3, 0.4) is 0 Å². The van der Waals surface area contributed by atoms with Gasteiger partial charge in [-0.25, -0.2) is 4.79 Å². The van der Waals surface area contributed by atoms with Crippen molar-refractivity contribution in [1.82, 2.24) is 0 Å². The van der Waals surface area contributed by atoms with E-state index >= 15 is 0 Å². The van der Waals surface area contributed by atoms with Gasteiger partial charge in [-0.3, -0.25) is 0 Å². The van der Waals surface area contributed by atoms with Gasteiger partial charge in [0.05, 0.1) is 12.7 Å². The zero-order chi connectivity index (χ0) is 19.2. The summed E-state index contributed by atoms with van der Waals surface area (Å²) in [7, 11) is 1.35. The van der Waals surface area contributed by atoms with Crippen LogP contribution in [0.25, 0.3) is 11.1 Å². The zero-order valence-electron chi connectivity index (χ0n) is 15.4. The van der Waals surface area contributed by atoms with Gasteiger partial charge >= 0.3 is 5.97 Å². The van der Waals surface area contributed by atoms with E-state index in [0.717, 1.165) is 23.1 Å². The first kappa shape index (κ1) is 18.5. The number of phenolic OH excluding ortho intramolecular Hbond substituents is 1. The van der Waals surface area contributed by atoms with Gasteiger partial charge in [0.15, 0.2) is 11.5 Å². The summed E-state index contributed by atoms with van der Waals surface area (Å²) >= 11 is 0. The van der Waals surface area contributed by atoms with Crippen LogP contribution in [0.1, 0.15) is 28.4 Å². The molecule has 4 heteroatoms. The smallest absolute Gasteiger partial charge is 0.337 e. The van der Waals surface area contributed by atoms with E-state index in [9.17, 15) is 9.90 Å². The third kappa shape index (κ3) is 4.11. The Hall–Kier alpha value is -3.27. The number of rotatable bonds is 6. The first-order valence-corrected chi connectivity index (χ1v) is 8.84. The van der Waals surface area contributed by atoms with Gasteiger partial charge in [0.25, 0.3) is 0 Å². The van der Waals surface area contributed by atoms with E-state index in [4.69, 9.17) is 9.47 Å². The second-order valence-electron chi connectivity index (χ2n) is 6.14. The molecule has 0 spiro atoms. The molecule has 0 fully saturated rings. The molecular weight excluding hydrogens is 340 g/mol.